The molecule has 2 aromatic rings. The fraction of sp³-hybridized carbons (Fsp3) is 0.200. The number of carbonyl (C=O) groups is 2. The first-order valence-corrected chi connectivity index (χ1v) is 7.77. The number of rotatable bonds is 5. The Balaban J connectivity index is 1.66. The molecule has 3 rings (SSSR count). The molecule has 0 radical (unpaired) electrons. The molecule has 8 heteroatoms. The highest BCUT2D eigenvalue weighted by molar-refractivity contribution is 7.14. The number of nitrogens with one attached hydrogen (secondary N) is 2. The van der Waals surface area contributed by atoms with Crippen molar-refractivity contribution in [2.45, 2.75) is 13.0 Å². The lowest BCUT2D eigenvalue weighted by atomic mass is 10.2. The lowest BCUT2D eigenvalue weighted by Crippen LogP contribution is -2.32. The van der Waals surface area contributed by atoms with Gasteiger partial charge in [-0.15, -0.1) is 11.3 Å². The molecule has 1 aliphatic rings. The molecule has 2 heterocycles. The lowest BCUT2D eigenvalue weighted by molar-refractivity contribution is -0.116. The second kappa shape index (κ2) is 6.17. The van der Waals surface area contributed by atoms with Gasteiger partial charge in [0.1, 0.15) is 11.0 Å². The molecule has 1 aromatic heterocycles. The number of amides is 2. The van der Waals surface area contributed by atoms with E-state index >= 15 is 0 Å². The summed E-state index contributed by atoms with van der Waals surface area (Å²) < 4.78 is 10.5. The zero-order valence-electron chi connectivity index (χ0n) is 12.3. The summed E-state index contributed by atoms with van der Waals surface area (Å²) in [5.74, 6) is 0.472. The van der Waals surface area contributed by atoms with E-state index in [-0.39, 0.29) is 12.7 Å². The van der Waals surface area contributed by atoms with Crippen molar-refractivity contribution in [1.29, 1.82) is 0 Å². The molecule has 0 bridgehead atoms. The van der Waals surface area contributed by atoms with E-state index in [1.165, 1.54) is 11.3 Å². The molecule has 7 nitrogen and oxygen atoms in total. The molecule has 0 aliphatic carbocycles. The number of hydrogen-bond acceptors (Lipinski definition) is 6. The number of carbonyl (C=O) groups excluding carboxylic acids is 2. The highest BCUT2D eigenvalue weighted by Crippen LogP contribution is 2.34. The van der Waals surface area contributed by atoms with Crippen LogP contribution in [0.3, 0.4) is 0 Å². The van der Waals surface area contributed by atoms with Crippen molar-refractivity contribution in [3.63, 3.8) is 0 Å². The predicted molar refractivity (Wildman–Crippen MR) is 87.1 cm³/mol. The Morgan fingerprint density at radius 2 is 2.04 bits per heavy atom. The molecule has 120 valence electrons. The zero-order chi connectivity index (χ0) is 16.4. The van der Waals surface area contributed by atoms with Crippen LogP contribution in [0.15, 0.2) is 29.6 Å². The average Bonchev–Trinajstić information content (AvgIpc) is 3.15. The summed E-state index contributed by atoms with van der Waals surface area (Å²) in [6, 6.07) is 6.42. The molecule has 1 aromatic carbocycles. The Labute approximate surface area is 136 Å². The summed E-state index contributed by atoms with van der Waals surface area (Å²) in [6.07, 6.45) is 0. The van der Waals surface area contributed by atoms with Crippen LogP contribution in [0.1, 0.15) is 17.3 Å². The summed E-state index contributed by atoms with van der Waals surface area (Å²) in [6.45, 7) is 1.92. The normalized spacial score (nSPS) is 13.4. The molecule has 4 N–H and O–H groups in total. The van der Waals surface area contributed by atoms with Gasteiger partial charge in [-0.3, -0.25) is 9.59 Å². The standard InChI is InChI=1S/C15H15N3O4S/c1-8(14(20)18-15-10(13(16)19)4-5-23-15)17-9-2-3-11-12(6-9)22-7-21-11/h2-6,8,17H,7H2,1H3,(H2,16,19)(H,18,20)/t8-/m0/s1. The van der Waals surface area contributed by atoms with Gasteiger partial charge in [-0.1, -0.05) is 0 Å². The Morgan fingerprint density at radius 3 is 2.83 bits per heavy atom. The Morgan fingerprint density at radius 1 is 1.26 bits per heavy atom. The van der Waals surface area contributed by atoms with E-state index in [0.29, 0.717) is 22.1 Å². The second-order valence-corrected chi connectivity index (χ2v) is 5.87. The van der Waals surface area contributed by atoms with Gasteiger partial charge in [0, 0.05) is 11.8 Å². The molecular formula is C15H15N3O4S. The summed E-state index contributed by atoms with van der Waals surface area (Å²) in [5.41, 5.74) is 6.30. The third-order valence-electron chi connectivity index (χ3n) is 3.32. The summed E-state index contributed by atoms with van der Waals surface area (Å²) in [7, 11) is 0. The third kappa shape index (κ3) is 3.21. The number of nitrogens with two attached hydrogens (primary N) is 1. The van der Waals surface area contributed by atoms with E-state index in [1.807, 2.05) is 0 Å². The molecule has 0 spiro atoms. The number of thiophene rings is 1. The van der Waals surface area contributed by atoms with Crippen LogP contribution in [0.5, 0.6) is 11.5 Å². The molecule has 0 unspecified atom stereocenters. The quantitative estimate of drug-likeness (QED) is 0.777. The fourth-order valence-corrected chi connectivity index (χ4v) is 2.92. The van der Waals surface area contributed by atoms with Gasteiger partial charge in [-0.2, -0.15) is 0 Å². The van der Waals surface area contributed by atoms with Crippen LogP contribution in [-0.4, -0.2) is 24.6 Å². The van der Waals surface area contributed by atoms with Crippen molar-refractivity contribution < 1.29 is 19.1 Å². The fourth-order valence-electron chi connectivity index (χ4n) is 2.12. The van der Waals surface area contributed by atoms with Crippen LogP contribution in [0.2, 0.25) is 0 Å². The highest BCUT2D eigenvalue weighted by Gasteiger charge is 2.19. The third-order valence-corrected chi connectivity index (χ3v) is 4.15. The first-order chi connectivity index (χ1) is 11.0. The van der Waals surface area contributed by atoms with Crippen LogP contribution >= 0.6 is 11.3 Å². The number of ether oxygens (including phenoxy) is 2. The van der Waals surface area contributed by atoms with Gasteiger partial charge in [-0.25, -0.2) is 0 Å². The lowest BCUT2D eigenvalue weighted by Gasteiger charge is -2.15. The van der Waals surface area contributed by atoms with Gasteiger partial charge in [0.05, 0.1) is 5.56 Å². The minimum Gasteiger partial charge on any atom is -0.454 e. The van der Waals surface area contributed by atoms with Gasteiger partial charge in [0.25, 0.3) is 5.91 Å². The van der Waals surface area contributed by atoms with Crippen molar-refractivity contribution in [3.05, 3.63) is 35.2 Å². The maximum atomic E-state index is 12.2. The van der Waals surface area contributed by atoms with E-state index in [9.17, 15) is 9.59 Å². The van der Waals surface area contributed by atoms with Crippen molar-refractivity contribution >= 4 is 33.8 Å². The van der Waals surface area contributed by atoms with Crippen molar-refractivity contribution in [2.75, 3.05) is 17.4 Å². The maximum absolute atomic E-state index is 12.2. The first kappa shape index (κ1) is 15.2. The zero-order valence-corrected chi connectivity index (χ0v) is 13.1. The molecule has 2 amide bonds. The number of fused-ring (bicyclic) bond motifs is 1. The molecular weight excluding hydrogens is 318 g/mol. The van der Waals surface area contributed by atoms with Gasteiger partial charge in [-0.05, 0) is 30.5 Å². The van der Waals surface area contributed by atoms with Gasteiger partial charge in [0.15, 0.2) is 11.5 Å². The predicted octanol–water partition coefficient (Wildman–Crippen LogP) is 2.01. The number of primary amides is 1. The maximum Gasteiger partial charge on any atom is 0.251 e. The summed E-state index contributed by atoms with van der Waals surface area (Å²) in [4.78, 5) is 23.5. The Bertz CT molecular complexity index is 759. The molecule has 23 heavy (non-hydrogen) atoms. The molecule has 0 saturated heterocycles. The highest BCUT2D eigenvalue weighted by atomic mass is 32.1. The Kier molecular flexibility index (Phi) is 4.07. The number of hydrogen-bond donors (Lipinski definition) is 3. The minimum atomic E-state index is -0.571. The second-order valence-electron chi connectivity index (χ2n) is 4.95. The summed E-state index contributed by atoms with van der Waals surface area (Å²) >= 11 is 1.25. The number of benzene rings is 1. The Hall–Kier alpha value is -2.74. The first-order valence-electron chi connectivity index (χ1n) is 6.89. The van der Waals surface area contributed by atoms with E-state index in [1.54, 1.807) is 36.6 Å². The largest absolute Gasteiger partial charge is 0.454 e. The smallest absolute Gasteiger partial charge is 0.251 e. The van der Waals surface area contributed by atoms with E-state index < -0.39 is 11.9 Å². The van der Waals surface area contributed by atoms with Crippen molar-refractivity contribution in [1.82, 2.24) is 0 Å². The van der Waals surface area contributed by atoms with Gasteiger partial charge >= 0.3 is 0 Å². The molecule has 0 fully saturated rings. The molecule has 1 aliphatic heterocycles. The van der Waals surface area contributed by atoms with Crippen molar-refractivity contribution in [2.24, 2.45) is 5.73 Å². The van der Waals surface area contributed by atoms with Crippen LogP contribution in [0.25, 0.3) is 0 Å². The average molecular weight is 333 g/mol. The van der Waals surface area contributed by atoms with E-state index in [4.69, 9.17) is 15.2 Å². The van der Waals surface area contributed by atoms with Crippen molar-refractivity contribution in [3.8, 4) is 11.5 Å². The monoisotopic (exact) mass is 333 g/mol. The minimum absolute atomic E-state index is 0.198. The topological polar surface area (TPSA) is 103 Å². The van der Waals surface area contributed by atoms with Crippen LogP contribution < -0.4 is 25.8 Å². The van der Waals surface area contributed by atoms with Gasteiger partial charge in [0.2, 0.25) is 12.7 Å². The van der Waals surface area contributed by atoms with Crippen LogP contribution in [0.4, 0.5) is 10.7 Å². The van der Waals surface area contributed by atoms with Gasteiger partial charge < -0.3 is 25.8 Å². The molecule has 0 saturated carbocycles. The summed E-state index contributed by atoms with van der Waals surface area (Å²) in [5, 5.41) is 7.92. The number of anilines is 2. The van der Waals surface area contributed by atoms with E-state index in [0.717, 1.165) is 5.69 Å². The van der Waals surface area contributed by atoms with E-state index in [2.05, 4.69) is 10.6 Å². The van der Waals surface area contributed by atoms with Crippen LogP contribution in [-0.2, 0) is 4.79 Å². The molecule has 1 atom stereocenters. The SMILES string of the molecule is C[C@H](Nc1ccc2c(c1)OCO2)C(=O)Nc1sccc1C(N)=O. The van der Waals surface area contributed by atoms with Crippen LogP contribution in [0, 0.1) is 0 Å².